The number of fused-ring (bicyclic) bond motifs is 4. The Balaban J connectivity index is 0.00000245. The van der Waals surface area contributed by atoms with E-state index in [1.54, 1.807) is 7.11 Å². The number of hydrogen-bond donors (Lipinski definition) is 2. The van der Waals surface area contributed by atoms with Gasteiger partial charge in [0, 0.05) is 24.0 Å². The van der Waals surface area contributed by atoms with Gasteiger partial charge in [0.1, 0.15) is 11.4 Å². The molecule has 2 aromatic carbocycles. The van der Waals surface area contributed by atoms with Crippen LogP contribution in [0.3, 0.4) is 0 Å². The number of methoxy groups -OCH3 is 1. The Morgan fingerprint density at radius 2 is 1.91 bits per heavy atom. The highest BCUT2D eigenvalue weighted by Crippen LogP contribution is 2.43. The number of H-pyrrole nitrogens is 1. The molecule has 2 aliphatic rings. The molecule has 5 rings (SSSR count). The SMILES string of the molecule is COc1ccc(C[C@H](N)C(=O)N2CCC3(CC2)OCCc2c3[nH]c3ccccc23)cc1.Cl. The number of nitrogens with zero attached hydrogens (tertiary/aromatic N) is 1. The third kappa shape index (κ3) is 3.98. The van der Waals surface area contributed by atoms with Crippen molar-refractivity contribution in [1.29, 1.82) is 0 Å². The molecule has 0 unspecified atom stereocenters. The van der Waals surface area contributed by atoms with Crippen molar-refractivity contribution in [2.24, 2.45) is 5.73 Å². The zero-order valence-corrected chi connectivity index (χ0v) is 19.1. The van der Waals surface area contributed by atoms with Crippen molar-refractivity contribution in [3.63, 3.8) is 0 Å². The fourth-order valence-corrected chi connectivity index (χ4v) is 5.09. The molecule has 2 aliphatic heterocycles. The number of hydrogen-bond acceptors (Lipinski definition) is 4. The van der Waals surface area contributed by atoms with Gasteiger partial charge in [0.05, 0.1) is 25.5 Å². The lowest BCUT2D eigenvalue weighted by Crippen LogP contribution is -2.52. The van der Waals surface area contributed by atoms with Crippen molar-refractivity contribution >= 4 is 29.2 Å². The zero-order chi connectivity index (χ0) is 21.4. The molecule has 3 N–H and O–H groups in total. The summed E-state index contributed by atoms with van der Waals surface area (Å²) in [7, 11) is 1.64. The second-order valence-corrected chi connectivity index (χ2v) is 8.60. The molecule has 0 bridgehead atoms. The van der Waals surface area contributed by atoms with Crippen LogP contribution in [0.25, 0.3) is 10.9 Å². The van der Waals surface area contributed by atoms with E-state index >= 15 is 0 Å². The number of benzene rings is 2. The predicted molar refractivity (Wildman–Crippen MR) is 127 cm³/mol. The molecule has 170 valence electrons. The molecule has 1 saturated heterocycles. The number of aromatic amines is 1. The first-order chi connectivity index (χ1) is 15.1. The number of nitrogens with two attached hydrogens (primary N) is 1. The number of ether oxygens (including phenoxy) is 2. The first-order valence-electron chi connectivity index (χ1n) is 11.0. The van der Waals surface area contributed by atoms with Gasteiger partial charge in [0.15, 0.2) is 0 Å². The van der Waals surface area contributed by atoms with Gasteiger partial charge in [0.2, 0.25) is 5.91 Å². The number of amides is 1. The van der Waals surface area contributed by atoms with Gasteiger partial charge in [-0.25, -0.2) is 0 Å². The number of rotatable bonds is 4. The minimum absolute atomic E-state index is 0. The molecule has 1 spiro atoms. The van der Waals surface area contributed by atoms with E-state index in [1.807, 2.05) is 29.2 Å². The minimum Gasteiger partial charge on any atom is -0.497 e. The molecule has 1 atom stereocenters. The summed E-state index contributed by atoms with van der Waals surface area (Å²) in [5, 5.41) is 1.29. The third-order valence-electron chi connectivity index (χ3n) is 6.81. The van der Waals surface area contributed by atoms with Crippen LogP contribution in [-0.4, -0.2) is 48.6 Å². The molecular formula is C25H30ClN3O3. The summed E-state index contributed by atoms with van der Waals surface area (Å²) in [5.74, 6) is 0.812. The lowest BCUT2D eigenvalue weighted by molar-refractivity contribution is -0.142. The van der Waals surface area contributed by atoms with Crippen LogP contribution >= 0.6 is 12.4 Å². The van der Waals surface area contributed by atoms with Crippen molar-refractivity contribution in [1.82, 2.24) is 9.88 Å². The fraction of sp³-hybridized carbons (Fsp3) is 0.400. The van der Waals surface area contributed by atoms with Crippen LogP contribution in [0.2, 0.25) is 0 Å². The summed E-state index contributed by atoms with van der Waals surface area (Å²) in [6, 6.07) is 15.6. The number of piperidine rings is 1. The summed E-state index contributed by atoms with van der Waals surface area (Å²) in [6.45, 7) is 2.04. The largest absolute Gasteiger partial charge is 0.497 e. The molecule has 0 radical (unpaired) electrons. The summed E-state index contributed by atoms with van der Waals surface area (Å²) >= 11 is 0. The lowest BCUT2D eigenvalue weighted by Gasteiger charge is -2.44. The van der Waals surface area contributed by atoms with E-state index in [2.05, 4.69) is 29.2 Å². The highest BCUT2D eigenvalue weighted by Gasteiger charge is 2.43. The topological polar surface area (TPSA) is 80.6 Å². The number of likely N-dealkylation sites (tertiary alicyclic amines) is 1. The van der Waals surface area contributed by atoms with Gasteiger partial charge in [-0.2, -0.15) is 0 Å². The second-order valence-electron chi connectivity index (χ2n) is 8.60. The number of aromatic nitrogens is 1. The highest BCUT2D eigenvalue weighted by molar-refractivity contribution is 5.86. The maximum atomic E-state index is 13.0. The summed E-state index contributed by atoms with van der Waals surface area (Å²) in [4.78, 5) is 18.5. The van der Waals surface area contributed by atoms with Crippen molar-refractivity contribution in [3.8, 4) is 5.75 Å². The molecule has 6 nitrogen and oxygen atoms in total. The van der Waals surface area contributed by atoms with Gasteiger partial charge in [-0.1, -0.05) is 30.3 Å². The van der Waals surface area contributed by atoms with Crippen LogP contribution in [0, 0.1) is 0 Å². The smallest absolute Gasteiger partial charge is 0.239 e. The number of carbonyl (C=O) groups excluding carboxylic acids is 1. The van der Waals surface area contributed by atoms with Gasteiger partial charge in [0.25, 0.3) is 0 Å². The zero-order valence-electron chi connectivity index (χ0n) is 18.3. The predicted octanol–water partition coefficient (Wildman–Crippen LogP) is 3.56. The van der Waals surface area contributed by atoms with E-state index in [9.17, 15) is 4.79 Å². The molecule has 3 heterocycles. The Kier molecular flexibility index (Phi) is 6.47. The van der Waals surface area contributed by atoms with Crippen LogP contribution in [-0.2, 0) is 28.0 Å². The average molecular weight is 456 g/mol. The van der Waals surface area contributed by atoms with Crippen LogP contribution in [0.1, 0.15) is 29.7 Å². The Bertz CT molecular complexity index is 1090. The summed E-state index contributed by atoms with van der Waals surface area (Å²) < 4.78 is 11.6. The normalized spacial score (nSPS) is 18.1. The van der Waals surface area contributed by atoms with E-state index < -0.39 is 6.04 Å². The lowest BCUT2D eigenvalue weighted by atomic mass is 9.83. The molecule has 7 heteroatoms. The molecular weight excluding hydrogens is 426 g/mol. The molecule has 3 aromatic rings. The maximum absolute atomic E-state index is 13.0. The van der Waals surface area contributed by atoms with E-state index in [0.717, 1.165) is 42.7 Å². The number of halogens is 1. The Hall–Kier alpha value is -2.54. The molecule has 1 amide bonds. The fourth-order valence-electron chi connectivity index (χ4n) is 5.09. The molecule has 32 heavy (non-hydrogen) atoms. The first kappa shape index (κ1) is 22.6. The van der Waals surface area contributed by atoms with Crippen LogP contribution in [0.5, 0.6) is 5.75 Å². The highest BCUT2D eigenvalue weighted by atomic mass is 35.5. The van der Waals surface area contributed by atoms with E-state index in [-0.39, 0.29) is 23.9 Å². The van der Waals surface area contributed by atoms with Crippen LogP contribution < -0.4 is 10.5 Å². The average Bonchev–Trinajstić information content (AvgIpc) is 3.20. The molecule has 1 fully saturated rings. The summed E-state index contributed by atoms with van der Waals surface area (Å²) in [5.41, 5.74) is 10.7. The standard InChI is InChI=1S/C25H29N3O3.ClH/c1-30-18-8-6-17(7-9-18)16-21(26)24(29)28-13-11-25(12-14-28)23-20(10-15-31-25)19-4-2-3-5-22(19)27-23;/h2-9,21,27H,10-16,26H2,1H3;1H/t21-;/m0./s1. The first-order valence-corrected chi connectivity index (χ1v) is 11.0. The van der Waals surface area contributed by atoms with Crippen LogP contribution in [0.15, 0.2) is 48.5 Å². The van der Waals surface area contributed by atoms with Gasteiger partial charge in [-0.3, -0.25) is 4.79 Å². The van der Waals surface area contributed by atoms with Gasteiger partial charge in [-0.05, 0) is 55.0 Å². The van der Waals surface area contributed by atoms with Crippen molar-refractivity contribution < 1.29 is 14.3 Å². The summed E-state index contributed by atoms with van der Waals surface area (Å²) in [6.07, 6.45) is 3.02. The van der Waals surface area contributed by atoms with E-state index in [1.165, 1.54) is 16.6 Å². The second kappa shape index (κ2) is 9.14. The number of carbonyl (C=O) groups is 1. The van der Waals surface area contributed by atoms with Gasteiger partial charge < -0.3 is 25.1 Å². The van der Waals surface area contributed by atoms with E-state index in [0.29, 0.717) is 19.5 Å². The molecule has 1 aromatic heterocycles. The Labute approximate surface area is 194 Å². The van der Waals surface area contributed by atoms with Gasteiger partial charge in [-0.15, -0.1) is 12.4 Å². The van der Waals surface area contributed by atoms with E-state index in [4.69, 9.17) is 15.2 Å². The van der Waals surface area contributed by atoms with Crippen molar-refractivity contribution in [3.05, 3.63) is 65.4 Å². The Morgan fingerprint density at radius 3 is 2.62 bits per heavy atom. The monoisotopic (exact) mass is 455 g/mol. The van der Waals surface area contributed by atoms with Crippen molar-refractivity contribution in [2.75, 3.05) is 26.8 Å². The maximum Gasteiger partial charge on any atom is 0.239 e. The third-order valence-corrected chi connectivity index (χ3v) is 6.81. The van der Waals surface area contributed by atoms with Crippen LogP contribution in [0.4, 0.5) is 0 Å². The van der Waals surface area contributed by atoms with Crippen molar-refractivity contribution in [2.45, 2.75) is 37.3 Å². The molecule has 0 aliphatic carbocycles. The van der Waals surface area contributed by atoms with Gasteiger partial charge >= 0.3 is 0 Å². The minimum atomic E-state index is -0.543. The molecule has 0 saturated carbocycles. The number of para-hydroxylation sites is 1. The Morgan fingerprint density at radius 1 is 1.19 bits per heavy atom. The number of nitrogens with one attached hydrogen (secondary N) is 1. The quantitative estimate of drug-likeness (QED) is 0.630.